The van der Waals surface area contributed by atoms with Gasteiger partial charge in [-0.05, 0) is 12.1 Å². The Balaban J connectivity index is 1.78. The summed E-state index contributed by atoms with van der Waals surface area (Å²) < 4.78 is 7.48. The van der Waals surface area contributed by atoms with Crippen molar-refractivity contribution >= 4 is 22.8 Å². The van der Waals surface area contributed by atoms with Gasteiger partial charge in [0.1, 0.15) is 11.3 Å². The Hall–Kier alpha value is -1.17. The highest BCUT2D eigenvalue weighted by Crippen LogP contribution is 2.15. The lowest BCUT2D eigenvalue weighted by molar-refractivity contribution is 0.0364. The number of halogens is 1. The maximum absolute atomic E-state index is 5.98. The van der Waals surface area contributed by atoms with Crippen LogP contribution in [0.2, 0.25) is 0 Å². The topological polar surface area (TPSA) is 43.2 Å². The molecule has 2 aromatic rings. The summed E-state index contributed by atoms with van der Waals surface area (Å²) >= 11 is 5.98. The molecule has 0 radical (unpaired) electrons. The highest BCUT2D eigenvalue weighted by molar-refractivity contribution is 6.16. The molecule has 3 rings (SSSR count). The molecule has 1 saturated heterocycles. The first kappa shape index (κ1) is 12.8. The van der Waals surface area contributed by atoms with Crippen molar-refractivity contribution in [2.75, 3.05) is 32.8 Å². The summed E-state index contributed by atoms with van der Waals surface area (Å²) in [4.78, 5) is 11.3. The number of hydrogen-bond donors (Lipinski definition) is 0. The molecule has 2 aromatic heterocycles. The Morgan fingerprint density at radius 2 is 2.11 bits per heavy atom. The van der Waals surface area contributed by atoms with Crippen LogP contribution in [0.25, 0.3) is 11.2 Å². The second-order valence-corrected chi connectivity index (χ2v) is 4.88. The van der Waals surface area contributed by atoms with Gasteiger partial charge in [0, 0.05) is 32.4 Å². The lowest BCUT2D eigenvalue weighted by Gasteiger charge is -2.26. The van der Waals surface area contributed by atoms with Crippen molar-refractivity contribution in [2.45, 2.75) is 12.4 Å². The van der Waals surface area contributed by atoms with Crippen molar-refractivity contribution < 1.29 is 4.74 Å². The van der Waals surface area contributed by atoms with Gasteiger partial charge in [0.15, 0.2) is 5.65 Å². The molecule has 1 aliphatic rings. The molecule has 0 aliphatic carbocycles. The maximum atomic E-state index is 5.98. The fourth-order valence-electron chi connectivity index (χ4n) is 2.41. The summed E-state index contributed by atoms with van der Waals surface area (Å²) in [5, 5.41) is 0. The smallest absolute Gasteiger partial charge is 0.160 e. The monoisotopic (exact) mass is 280 g/mol. The lowest BCUT2D eigenvalue weighted by Crippen LogP contribution is -2.38. The van der Waals surface area contributed by atoms with E-state index in [1.165, 1.54) is 0 Å². The number of morpholine rings is 1. The molecular weight excluding hydrogens is 264 g/mol. The third kappa shape index (κ3) is 2.73. The van der Waals surface area contributed by atoms with Gasteiger partial charge in [-0.2, -0.15) is 0 Å². The summed E-state index contributed by atoms with van der Waals surface area (Å²) in [6.07, 6.45) is 1.80. The molecule has 0 N–H and O–H groups in total. The van der Waals surface area contributed by atoms with Crippen molar-refractivity contribution in [3.8, 4) is 0 Å². The average molecular weight is 281 g/mol. The van der Waals surface area contributed by atoms with E-state index in [0.29, 0.717) is 5.88 Å². The molecule has 5 nitrogen and oxygen atoms in total. The number of imidazole rings is 1. The quantitative estimate of drug-likeness (QED) is 0.796. The molecule has 19 heavy (non-hydrogen) atoms. The molecule has 0 unspecified atom stereocenters. The summed E-state index contributed by atoms with van der Waals surface area (Å²) in [7, 11) is 0. The average Bonchev–Trinajstić information content (AvgIpc) is 2.84. The predicted octanol–water partition coefficient (Wildman–Crippen LogP) is 1.50. The van der Waals surface area contributed by atoms with Gasteiger partial charge in [-0.3, -0.25) is 4.90 Å². The minimum absolute atomic E-state index is 0.416. The number of pyridine rings is 1. The Morgan fingerprint density at radius 1 is 1.26 bits per heavy atom. The predicted molar refractivity (Wildman–Crippen MR) is 74.3 cm³/mol. The van der Waals surface area contributed by atoms with Crippen LogP contribution in [0.1, 0.15) is 5.82 Å². The first-order valence-corrected chi connectivity index (χ1v) is 7.08. The van der Waals surface area contributed by atoms with E-state index in [4.69, 9.17) is 16.3 Å². The molecular formula is C13H17ClN4O. The zero-order chi connectivity index (χ0) is 13.1. The minimum atomic E-state index is 0.416. The minimum Gasteiger partial charge on any atom is -0.379 e. The van der Waals surface area contributed by atoms with Gasteiger partial charge >= 0.3 is 0 Å². The largest absolute Gasteiger partial charge is 0.379 e. The Kier molecular flexibility index (Phi) is 3.96. The Morgan fingerprint density at radius 3 is 2.89 bits per heavy atom. The molecule has 0 aromatic carbocycles. The zero-order valence-electron chi connectivity index (χ0n) is 10.8. The van der Waals surface area contributed by atoms with Crippen LogP contribution in [0.5, 0.6) is 0 Å². The van der Waals surface area contributed by atoms with E-state index in [2.05, 4.69) is 19.4 Å². The second kappa shape index (κ2) is 5.86. The molecule has 0 amide bonds. The maximum Gasteiger partial charge on any atom is 0.160 e. The van der Waals surface area contributed by atoms with E-state index >= 15 is 0 Å². The van der Waals surface area contributed by atoms with E-state index < -0.39 is 0 Å². The van der Waals surface area contributed by atoms with Crippen LogP contribution in [0, 0.1) is 0 Å². The molecule has 0 atom stereocenters. The van der Waals surface area contributed by atoms with Crippen molar-refractivity contribution in [3.63, 3.8) is 0 Å². The Labute approximate surface area is 117 Å². The van der Waals surface area contributed by atoms with Gasteiger partial charge in [0.2, 0.25) is 0 Å². The molecule has 3 heterocycles. The number of nitrogens with zero attached hydrogens (tertiary/aromatic N) is 4. The standard InChI is InChI=1S/C13H17ClN4O/c14-10-12-16-11-2-1-3-15-13(11)18(12)5-4-17-6-8-19-9-7-17/h1-3H,4-10H2. The van der Waals surface area contributed by atoms with Crippen LogP contribution in [0.15, 0.2) is 18.3 Å². The van der Waals surface area contributed by atoms with Crippen molar-refractivity contribution in [2.24, 2.45) is 0 Å². The number of rotatable bonds is 4. The summed E-state index contributed by atoms with van der Waals surface area (Å²) in [5.74, 6) is 1.31. The number of alkyl halides is 1. The van der Waals surface area contributed by atoms with Crippen LogP contribution in [-0.2, 0) is 17.2 Å². The molecule has 0 saturated carbocycles. The summed E-state index contributed by atoms with van der Waals surface area (Å²) in [6.45, 7) is 5.49. The first-order valence-electron chi connectivity index (χ1n) is 6.54. The fraction of sp³-hybridized carbons (Fsp3) is 0.538. The molecule has 102 valence electrons. The van der Waals surface area contributed by atoms with Gasteiger partial charge in [0.25, 0.3) is 0 Å². The molecule has 0 bridgehead atoms. The highest BCUT2D eigenvalue weighted by atomic mass is 35.5. The molecule has 0 spiro atoms. The normalized spacial score (nSPS) is 17.1. The van der Waals surface area contributed by atoms with Gasteiger partial charge in [0.05, 0.1) is 19.1 Å². The van der Waals surface area contributed by atoms with Crippen LogP contribution in [-0.4, -0.2) is 52.3 Å². The van der Waals surface area contributed by atoms with Gasteiger partial charge in [-0.15, -0.1) is 11.6 Å². The SMILES string of the molecule is ClCc1nc2cccnc2n1CCN1CCOCC1. The lowest BCUT2D eigenvalue weighted by atomic mass is 10.4. The van der Waals surface area contributed by atoms with E-state index in [0.717, 1.165) is 56.4 Å². The van der Waals surface area contributed by atoms with Crippen LogP contribution < -0.4 is 0 Å². The van der Waals surface area contributed by atoms with Gasteiger partial charge < -0.3 is 9.30 Å². The zero-order valence-corrected chi connectivity index (χ0v) is 11.5. The second-order valence-electron chi connectivity index (χ2n) is 4.61. The number of hydrogen-bond acceptors (Lipinski definition) is 4. The van der Waals surface area contributed by atoms with E-state index in [1.807, 2.05) is 12.1 Å². The molecule has 6 heteroatoms. The number of ether oxygens (including phenoxy) is 1. The third-order valence-corrected chi connectivity index (χ3v) is 3.68. The van der Waals surface area contributed by atoms with E-state index in [9.17, 15) is 0 Å². The van der Waals surface area contributed by atoms with Crippen LogP contribution in [0.3, 0.4) is 0 Å². The third-order valence-electron chi connectivity index (χ3n) is 3.45. The first-order chi connectivity index (χ1) is 9.38. The van der Waals surface area contributed by atoms with Crippen molar-refractivity contribution in [1.29, 1.82) is 0 Å². The van der Waals surface area contributed by atoms with E-state index in [1.54, 1.807) is 6.20 Å². The van der Waals surface area contributed by atoms with Crippen molar-refractivity contribution in [1.82, 2.24) is 19.4 Å². The fourth-order valence-corrected chi connectivity index (χ4v) is 2.61. The van der Waals surface area contributed by atoms with Gasteiger partial charge in [-0.1, -0.05) is 0 Å². The molecule has 1 fully saturated rings. The van der Waals surface area contributed by atoms with Gasteiger partial charge in [-0.25, -0.2) is 9.97 Å². The highest BCUT2D eigenvalue weighted by Gasteiger charge is 2.14. The molecule has 1 aliphatic heterocycles. The summed E-state index contributed by atoms with van der Waals surface area (Å²) in [6, 6.07) is 3.88. The van der Waals surface area contributed by atoms with Crippen molar-refractivity contribution in [3.05, 3.63) is 24.2 Å². The Bertz CT molecular complexity index is 551. The number of fused-ring (bicyclic) bond motifs is 1. The summed E-state index contributed by atoms with van der Waals surface area (Å²) in [5.41, 5.74) is 1.84. The van der Waals surface area contributed by atoms with E-state index in [-0.39, 0.29) is 0 Å². The number of aromatic nitrogens is 3. The van der Waals surface area contributed by atoms with Crippen LogP contribution >= 0.6 is 11.6 Å². The van der Waals surface area contributed by atoms with Crippen LogP contribution in [0.4, 0.5) is 0 Å².